The number of aromatic nitrogens is 1. The summed E-state index contributed by atoms with van der Waals surface area (Å²) in [5.74, 6) is -0.445. The van der Waals surface area contributed by atoms with E-state index in [1.54, 1.807) is 24.3 Å². The molecule has 1 heterocycles. The second kappa shape index (κ2) is 6.57. The molecule has 0 atom stereocenters. The van der Waals surface area contributed by atoms with Gasteiger partial charge in [0.2, 0.25) is 0 Å². The Morgan fingerprint density at radius 1 is 1.04 bits per heavy atom. The highest BCUT2D eigenvalue weighted by Gasteiger charge is 2.23. The average Bonchev–Trinajstić information content (AvgIpc) is 3.20. The van der Waals surface area contributed by atoms with Gasteiger partial charge in [-0.05, 0) is 50.1 Å². The Hall–Kier alpha value is -3.09. The van der Waals surface area contributed by atoms with E-state index in [2.05, 4.69) is 20.9 Å². The van der Waals surface area contributed by atoms with E-state index in [4.69, 9.17) is 0 Å². The van der Waals surface area contributed by atoms with E-state index < -0.39 is 0 Å². The number of Topliss-reactive ketones (excluding diaryl/α,β-unsaturated/α-hetero) is 1. The van der Waals surface area contributed by atoms with Crippen LogP contribution in [0.3, 0.4) is 0 Å². The summed E-state index contributed by atoms with van der Waals surface area (Å²) in [5, 5.41) is 8.29. The molecule has 124 valence electrons. The van der Waals surface area contributed by atoms with Gasteiger partial charge in [0.25, 0.3) is 5.91 Å². The van der Waals surface area contributed by atoms with Gasteiger partial charge in [-0.3, -0.25) is 9.59 Å². The molecule has 0 aliphatic heterocycles. The zero-order valence-corrected chi connectivity index (χ0v) is 13.2. The first-order valence-corrected chi connectivity index (χ1v) is 7.69. The van der Waals surface area contributed by atoms with Crippen LogP contribution in [0.1, 0.15) is 40.6 Å². The number of aromatic amines is 1. The number of ketones is 1. The molecule has 24 heavy (non-hydrogen) atoms. The summed E-state index contributed by atoms with van der Waals surface area (Å²) in [6.45, 7) is 1.44. The van der Waals surface area contributed by atoms with Crippen LogP contribution in [-0.2, 0) is 0 Å². The summed E-state index contributed by atoms with van der Waals surface area (Å²) >= 11 is 0. The lowest BCUT2D eigenvalue weighted by Gasteiger charge is -2.08. The van der Waals surface area contributed by atoms with Crippen LogP contribution in [-0.4, -0.2) is 28.7 Å². The van der Waals surface area contributed by atoms with Crippen molar-refractivity contribution in [1.82, 2.24) is 10.3 Å². The number of benzene rings is 1. The van der Waals surface area contributed by atoms with Gasteiger partial charge in [-0.15, -0.1) is 0 Å². The molecule has 0 unspecified atom stereocenters. The molecule has 3 rings (SSSR count). The standard InChI is InChI=1S/C17H18N4O3/c1-10(22)11-8-15(18-9-11)16(23)19-12-2-4-13(5-3-12)20-17(24)21-14-6-7-14/h2-5,8-9,14,18H,6-7H2,1H3,(H,19,23)(H2,20,21,24). The smallest absolute Gasteiger partial charge is 0.319 e. The summed E-state index contributed by atoms with van der Waals surface area (Å²) < 4.78 is 0. The fraction of sp³-hybridized carbons (Fsp3) is 0.235. The van der Waals surface area contributed by atoms with Crippen molar-refractivity contribution in [2.45, 2.75) is 25.8 Å². The number of rotatable bonds is 5. The van der Waals surface area contributed by atoms with Crippen molar-refractivity contribution in [2.24, 2.45) is 0 Å². The van der Waals surface area contributed by atoms with E-state index in [0.717, 1.165) is 12.8 Å². The monoisotopic (exact) mass is 326 g/mol. The quantitative estimate of drug-likeness (QED) is 0.635. The predicted molar refractivity (Wildman–Crippen MR) is 90.4 cm³/mol. The molecule has 7 nitrogen and oxygen atoms in total. The maximum absolute atomic E-state index is 12.1. The van der Waals surface area contributed by atoms with Crippen molar-refractivity contribution in [3.63, 3.8) is 0 Å². The van der Waals surface area contributed by atoms with E-state index in [9.17, 15) is 14.4 Å². The molecule has 7 heteroatoms. The second-order valence-electron chi connectivity index (χ2n) is 5.76. The number of anilines is 2. The van der Waals surface area contributed by atoms with Crippen LogP contribution in [0, 0.1) is 0 Å². The third-order valence-electron chi connectivity index (χ3n) is 3.65. The molecule has 1 aliphatic rings. The number of hydrogen-bond acceptors (Lipinski definition) is 3. The number of carbonyl (C=O) groups is 3. The lowest BCUT2D eigenvalue weighted by molar-refractivity contribution is 0.101. The SMILES string of the molecule is CC(=O)c1c[nH]c(C(=O)Nc2ccc(NC(=O)NC3CC3)cc2)c1. The molecule has 0 bridgehead atoms. The van der Waals surface area contributed by atoms with Gasteiger partial charge in [0.05, 0.1) is 0 Å². The number of carbonyl (C=O) groups excluding carboxylic acids is 3. The third-order valence-corrected chi connectivity index (χ3v) is 3.65. The maximum Gasteiger partial charge on any atom is 0.319 e. The molecular formula is C17H18N4O3. The first-order valence-electron chi connectivity index (χ1n) is 7.69. The predicted octanol–water partition coefficient (Wildman–Crippen LogP) is 2.75. The summed E-state index contributed by atoms with van der Waals surface area (Å²) in [6.07, 6.45) is 3.56. The molecule has 1 saturated carbocycles. The van der Waals surface area contributed by atoms with Crippen LogP contribution in [0.4, 0.5) is 16.2 Å². The molecule has 1 aliphatic carbocycles. The van der Waals surface area contributed by atoms with Gasteiger partial charge in [0, 0.05) is 29.2 Å². The van der Waals surface area contributed by atoms with Gasteiger partial charge in [0.15, 0.2) is 5.78 Å². The summed E-state index contributed by atoms with van der Waals surface area (Å²) in [7, 11) is 0. The van der Waals surface area contributed by atoms with Crippen LogP contribution >= 0.6 is 0 Å². The van der Waals surface area contributed by atoms with E-state index in [0.29, 0.717) is 28.7 Å². The van der Waals surface area contributed by atoms with Gasteiger partial charge < -0.3 is 20.9 Å². The highest BCUT2D eigenvalue weighted by molar-refractivity contribution is 6.05. The zero-order valence-electron chi connectivity index (χ0n) is 13.2. The molecular weight excluding hydrogens is 308 g/mol. The highest BCUT2D eigenvalue weighted by Crippen LogP contribution is 2.19. The Labute approximate surface area is 138 Å². The molecule has 0 spiro atoms. The molecule has 1 fully saturated rings. The molecule has 0 saturated heterocycles. The van der Waals surface area contributed by atoms with Gasteiger partial charge in [-0.25, -0.2) is 4.79 Å². The van der Waals surface area contributed by atoms with E-state index >= 15 is 0 Å². The summed E-state index contributed by atoms with van der Waals surface area (Å²) in [6, 6.07) is 8.38. The number of amides is 3. The number of urea groups is 1. The van der Waals surface area contributed by atoms with Crippen LogP contribution in [0.15, 0.2) is 36.5 Å². The molecule has 2 aromatic rings. The number of H-pyrrole nitrogens is 1. The highest BCUT2D eigenvalue weighted by atomic mass is 16.2. The van der Waals surface area contributed by atoms with Crippen molar-refractivity contribution in [3.05, 3.63) is 47.8 Å². The first kappa shape index (κ1) is 15.8. The summed E-state index contributed by atoms with van der Waals surface area (Å²) in [5.41, 5.74) is 2.00. The minimum Gasteiger partial charge on any atom is -0.356 e. The number of hydrogen-bond donors (Lipinski definition) is 4. The lowest BCUT2D eigenvalue weighted by atomic mass is 10.2. The van der Waals surface area contributed by atoms with Crippen molar-refractivity contribution in [2.75, 3.05) is 10.6 Å². The zero-order chi connectivity index (χ0) is 17.1. The molecule has 0 radical (unpaired) electrons. The fourth-order valence-electron chi connectivity index (χ4n) is 2.14. The Kier molecular flexibility index (Phi) is 4.33. The molecule has 1 aromatic carbocycles. The topological polar surface area (TPSA) is 103 Å². The van der Waals surface area contributed by atoms with Gasteiger partial charge in [-0.1, -0.05) is 0 Å². The Morgan fingerprint density at radius 3 is 2.21 bits per heavy atom. The van der Waals surface area contributed by atoms with Gasteiger partial charge >= 0.3 is 6.03 Å². The fourth-order valence-corrected chi connectivity index (χ4v) is 2.14. The Morgan fingerprint density at radius 2 is 1.67 bits per heavy atom. The molecule has 1 aromatic heterocycles. The van der Waals surface area contributed by atoms with E-state index in [1.807, 2.05) is 0 Å². The van der Waals surface area contributed by atoms with Crippen LogP contribution in [0.2, 0.25) is 0 Å². The molecule has 3 amide bonds. The van der Waals surface area contributed by atoms with Gasteiger partial charge in [-0.2, -0.15) is 0 Å². The Balaban J connectivity index is 1.57. The second-order valence-corrected chi connectivity index (χ2v) is 5.76. The minimum absolute atomic E-state index is 0.106. The van der Waals surface area contributed by atoms with Crippen LogP contribution < -0.4 is 16.0 Å². The van der Waals surface area contributed by atoms with Crippen molar-refractivity contribution >= 4 is 29.1 Å². The average molecular weight is 326 g/mol. The number of nitrogens with one attached hydrogen (secondary N) is 4. The van der Waals surface area contributed by atoms with Crippen molar-refractivity contribution < 1.29 is 14.4 Å². The van der Waals surface area contributed by atoms with Crippen molar-refractivity contribution in [3.8, 4) is 0 Å². The maximum atomic E-state index is 12.1. The van der Waals surface area contributed by atoms with Crippen LogP contribution in [0.5, 0.6) is 0 Å². The van der Waals surface area contributed by atoms with E-state index in [1.165, 1.54) is 19.2 Å². The normalized spacial score (nSPS) is 13.2. The molecule has 4 N–H and O–H groups in total. The van der Waals surface area contributed by atoms with E-state index in [-0.39, 0.29) is 17.7 Å². The largest absolute Gasteiger partial charge is 0.356 e. The van der Waals surface area contributed by atoms with Crippen LogP contribution in [0.25, 0.3) is 0 Å². The minimum atomic E-state index is -0.338. The first-order chi connectivity index (χ1) is 11.5. The summed E-state index contributed by atoms with van der Waals surface area (Å²) in [4.78, 5) is 37.8. The lowest BCUT2D eigenvalue weighted by Crippen LogP contribution is -2.30. The third kappa shape index (κ3) is 4.01. The van der Waals surface area contributed by atoms with Crippen molar-refractivity contribution in [1.29, 1.82) is 0 Å². The Bertz CT molecular complexity index is 775. The van der Waals surface area contributed by atoms with Gasteiger partial charge in [0.1, 0.15) is 5.69 Å².